The molecule has 1 aliphatic carbocycles. The minimum absolute atomic E-state index is 0.481. The van der Waals surface area contributed by atoms with E-state index in [0.29, 0.717) is 11.5 Å². The van der Waals surface area contributed by atoms with E-state index in [9.17, 15) is 0 Å². The van der Waals surface area contributed by atoms with Crippen molar-refractivity contribution in [2.24, 2.45) is 11.3 Å². The van der Waals surface area contributed by atoms with Crippen LogP contribution in [0.25, 0.3) is 0 Å². The molecule has 0 heterocycles. The van der Waals surface area contributed by atoms with Gasteiger partial charge in [-0.05, 0) is 49.3 Å². The van der Waals surface area contributed by atoms with Gasteiger partial charge in [-0.1, -0.05) is 54.4 Å². The minimum Gasteiger partial charge on any atom is -0.316 e. The van der Waals surface area contributed by atoms with Gasteiger partial charge in [-0.2, -0.15) is 0 Å². The maximum absolute atomic E-state index is 3.66. The first-order chi connectivity index (χ1) is 8.54. The van der Waals surface area contributed by atoms with Crippen molar-refractivity contribution in [3.05, 3.63) is 34.3 Å². The van der Waals surface area contributed by atoms with E-state index in [2.05, 4.69) is 66.4 Å². The van der Waals surface area contributed by atoms with Crippen molar-refractivity contribution in [1.82, 2.24) is 5.32 Å². The van der Waals surface area contributed by atoms with Gasteiger partial charge in [0.1, 0.15) is 0 Å². The smallest absolute Gasteiger partial charge is 0.0207 e. The van der Waals surface area contributed by atoms with Gasteiger partial charge in [-0.15, -0.1) is 0 Å². The molecule has 1 nitrogen and oxygen atoms in total. The number of likely N-dealkylation sites (N-methyl/N-ethyl adjacent to an activating group) is 1. The second-order valence-electron chi connectivity index (χ2n) is 6.18. The summed E-state index contributed by atoms with van der Waals surface area (Å²) in [5, 5.41) is 3.55. The van der Waals surface area contributed by atoms with Crippen LogP contribution in [-0.2, 0) is 6.42 Å². The fraction of sp³-hybridized carbons (Fsp3) is 0.625. The molecule has 2 unspecified atom stereocenters. The zero-order valence-corrected chi connectivity index (χ0v) is 13.3. The van der Waals surface area contributed by atoms with Crippen molar-refractivity contribution >= 4 is 15.9 Å². The van der Waals surface area contributed by atoms with E-state index >= 15 is 0 Å². The molecule has 100 valence electrons. The molecule has 0 aliphatic heterocycles. The largest absolute Gasteiger partial charge is 0.316 e. The Balaban J connectivity index is 2.13. The summed E-state index contributed by atoms with van der Waals surface area (Å²) in [5.41, 5.74) is 1.90. The number of halogens is 1. The first-order valence-corrected chi connectivity index (χ1v) is 7.74. The van der Waals surface area contributed by atoms with Crippen LogP contribution in [0.1, 0.15) is 38.7 Å². The Hall–Kier alpha value is -0.340. The van der Waals surface area contributed by atoms with Gasteiger partial charge in [-0.25, -0.2) is 0 Å². The fourth-order valence-electron chi connectivity index (χ4n) is 3.45. The van der Waals surface area contributed by atoms with Gasteiger partial charge < -0.3 is 5.32 Å². The molecule has 0 saturated heterocycles. The highest BCUT2D eigenvalue weighted by Gasteiger charge is 2.38. The monoisotopic (exact) mass is 309 g/mol. The van der Waals surface area contributed by atoms with E-state index in [1.807, 2.05) is 0 Å². The lowest BCUT2D eigenvalue weighted by atomic mass is 9.76. The van der Waals surface area contributed by atoms with Crippen molar-refractivity contribution in [3.8, 4) is 0 Å². The molecule has 1 aliphatic rings. The average molecular weight is 310 g/mol. The van der Waals surface area contributed by atoms with Crippen LogP contribution in [-0.4, -0.2) is 13.1 Å². The third-order valence-electron chi connectivity index (χ3n) is 4.59. The standard InChI is InChI=1S/C16H24BrN/c1-16(2)10-6-8-13(16)15(18-3)11-12-7-4-5-9-14(12)17/h4-5,7,9,13,15,18H,6,8,10-11H2,1-3H3. The quantitative estimate of drug-likeness (QED) is 0.869. The van der Waals surface area contributed by atoms with Crippen molar-refractivity contribution in [3.63, 3.8) is 0 Å². The van der Waals surface area contributed by atoms with Gasteiger partial charge in [0.15, 0.2) is 0 Å². The summed E-state index contributed by atoms with van der Waals surface area (Å²) < 4.78 is 1.24. The van der Waals surface area contributed by atoms with Crippen LogP contribution in [0.15, 0.2) is 28.7 Å². The topological polar surface area (TPSA) is 12.0 Å². The van der Waals surface area contributed by atoms with Crippen LogP contribution in [0.4, 0.5) is 0 Å². The zero-order chi connectivity index (χ0) is 13.2. The molecule has 0 aromatic heterocycles. The molecule has 0 spiro atoms. The number of rotatable bonds is 4. The fourth-order valence-corrected chi connectivity index (χ4v) is 3.89. The third-order valence-corrected chi connectivity index (χ3v) is 5.37. The molecule has 1 N–H and O–H groups in total. The minimum atomic E-state index is 0.481. The molecule has 18 heavy (non-hydrogen) atoms. The van der Waals surface area contributed by atoms with E-state index in [-0.39, 0.29) is 0 Å². The van der Waals surface area contributed by atoms with Crippen molar-refractivity contribution in [2.75, 3.05) is 7.05 Å². The second kappa shape index (κ2) is 5.75. The van der Waals surface area contributed by atoms with Gasteiger partial charge >= 0.3 is 0 Å². The molecular formula is C16H24BrN. The maximum Gasteiger partial charge on any atom is 0.0207 e. The van der Waals surface area contributed by atoms with Crippen molar-refractivity contribution in [2.45, 2.75) is 45.6 Å². The first kappa shape index (κ1) is 14.1. The predicted molar refractivity (Wildman–Crippen MR) is 81.8 cm³/mol. The maximum atomic E-state index is 3.66. The van der Waals surface area contributed by atoms with Crippen LogP contribution in [0.2, 0.25) is 0 Å². The molecule has 0 amide bonds. The lowest BCUT2D eigenvalue weighted by molar-refractivity contribution is 0.201. The highest BCUT2D eigenvalue weighted by molar-refractivity contribution is 9.10. The summed E-state index contributed by atoms with van der Waals surface area (Å²) in [7, 11) is 2.11. The lowest BCUT2D eigenvalue weighted by Crippen LogP contribution is -2.40. The Bertz CT molecular complexity index is 400. The summed E-state index contributed by atoms with van der Waals surface area (Å²) >= 11 is 3.66. The van der Waals surface area contributed by atoms with E-state index in [1.54, 1.807) is 0 Å². The number of hydrogen-bond donors (Lipinski definition) is 1. The molecule has 1 aromatic rings. The molecular weight excluding hydrogens is 286 g/mol. The summed E-state index contributed by atoms with van der Waals surface area (Å²) in [5.74, 6) is 0.787. The Morgan fingerprint density at radius 3 is 2.67 bits per heavy atom. The van der Waals surface area contributed by atoms with Crippen LogP contribution in [0, 0.1) is 11.3 Å². The summed E-state index contributed by atoms with van der Waals surface area (Å²) in [6.07, 6.45) is 5.23. The molecule has 0 radical (unpaired) electrons. The van der Waals surface area contributed by atoms with E-state index in [0.717, 1.165) is 12.3 Å². The second-order valence-corrected chi connectivity index (χ2v) is 7.03. The van der Waals surface area contributed by atoms with E-state index < -0.39 is 0 Å². The Labute approximate surface area is 119 Å². The summed E-state index contributed by atoms with van der Waals surface area (Å²) in [6, 6.07) is 9.17. The predicted octanol–water partition coefficient (Wildman–Crippen LogP) is 4.41. The SMILES string of the molecule is CNC(Cc1ccccc1Br)C1CCCC1(C)C. The first-order valence-electron chi connectivity index (χ1n) is 6.95. The zero-order valence-electron chi connectivity index (χ0n) is 11.7. The van der Waals surface area contributed by atoms with Crippen LogP contribution < -0.4 is 5.32 Å². The Morgan fingerprint density at radius 1 is 1.39 bits per heavy atom. The molecule has 0 bridgehead atoms. The van der Waals surface area contributed by atoms with E-state index in [4.69, 9.17) is 0 Å². The number of nitrogens with one attached hydrogen (secondary N) is 1. The average Bonchev–Trinajstić information content (AvgIpc) is 2.68. The third kappa shape index (κ3) is 2.97. The summed E-state index contributed by atoms with van der Waals surface area (Å²) in [4.78, 5) is 0. The number of hydrogen-bond acceptors (Lipinski definition) is 1. The van der Waals surface area contributed by atoms with Crippen molar-refractivity contribution < 1.29 is 0 Å². The molecule has 1 fully saturated rings. The highest BCUT2D eigenvalue weighted by atomic mass is 79.9. The molecule has 2 rings (SSSR count). The molecule has 1 aromatic carbocycles. The van der Waals surface area contributed by atoms with Crippen LogP contribution in [0.5, 0.6) is 0 Å². The Kier molecular flexibility index (Phi) is 4.50. The highest BCUT2D eigenvalue weighted by Crippen LogP contribution is 2.45. The van der Waals surface area contributed by atoms with Crippen LogP contribution >= 0.6 is 15.9 Å². The molecule has 2 atom stereocenters. The van der Waals surface area contributed by atoms with Gasteiger partial charge in [0.2, 0.25) is 0 Å². The van der Waals surface area contributed by atoms with Gasteiger partial charge in [0.25, 0.3) is 0 Å². The normalized spacial score (nSPS) is 24.1. The van der Waals surface area contributed by atoms with Crippen molar-refractivity contribution in [1.29, 1.82) is 0 Å². The van der Waals surface area contributed by atoms with Gasteiger partial charge in [0.05, 0.1) is 0 Å². The number of benzene rings is 1. The summed E-state index contributed by atoms with van der Waals surface area (Å²) in [6.45, 7) is 4.85. The molecule has 2 heteroatoms. The van der Waals surface area contributed by atoms with Crippen LogP contribution in [0.3, 0.4) is 0 Å². The van der Waals surface area contributed by atoms with E-state index in [1.165, 1.54) is 29.3 Å². The van der Waals surface area contributed by atoms with Gasteiger partial charge in [-0.3, -0.25) is 0 Å². The Morgan fingerprint density at radius 2 is 2.11 bits per heavy atom. The van der Waals surface area contributed by atoms with Gasteiger partial charge in [0, 0.05) is 10.5 Å². The molecule has 1 saturated carbocycles. The lowest BCUT2D eigenvalue weighted by Gasteiger charge is -2.34.